The predicted molar refractivity (Wildman–Crippen MR) is 119 cm³/mol. The molecule has 2 rings (SSSR count). The molecular weight excluding hydrogens is 396 g/mol. The van der Waals surface area contributed by atoms with Gasteiger partial charge in [-0.15, -0.1) is 0 Å². The van der Waals surface area contributed by atoms with Crippen molar-refractivity contribution in [1.82, 2.24) is 5.32 Å². The molecule has 0 aliphatic heterocycles. The minimum atomic E-state index is -0.926. The van der Waals surface area contributed by atoms with E-state index < -0.39 is 18.1 Å². The maximum Gasteiger partial charge on any atom is 0.307 e. The van der Waals surface area contributed by atoms with E-state index in [9.17, 15) is 14.4 Å². The molecule has 2 amide bonds. The number of carbonyl (C=O) groups excluding carboxylic acids is 2. The minimum absolute atomic E-state index is 0.0943. The van der Waals surface area contributed by atoms with Crippen molar-refractivity contribution in [1.29, 1.82) is 0 Å². The molecule has 2 aromatic carbocycles. The highest BCUT2D eigenvalue weighted by atomic mass is 16.4. The van der Waals surface area contributed by atoms with Crippen LogP contribution in [0.1, 0.15) is 30.4 Å². The Morgan fingerprint density at radius 3 is 2.19 bits per heavy atom. The molecule has 2 aromatic rings. The van der Waals surface area contributed by atoms with Gasteiger partial charge in [0.05, 0.1) is 12.5 Å². The van der Waals surface area contributed by atoms with Crippen LogP contribution in [0.2, 0.25) is 0 Å². The number of anilines is 1. The highest BCUT2D eigenvalue weighted by Gasteiger charge is 2.24. The summed E-state index contributed by atoms with van der Waals surface area (Å²) in [4.78, 5) is 36.3. The Hall–Kier alpha value is -3.23. The normalized spacial score (nSPS) is 12.6. The van der Waals surface area contributed by atoms with Crippen LogP contribution in [0.5, 0.6) is 0 Å². The molecule has 7 N–H and O–H groups in total. The van der Waals surface area contributed by atoms with Gasteiger partial charge < -0.3 is 27.2 Å². The fourth-order valence-electron chi connectivity index (χ4n) is 3.09. The van der Waals surface area contributed by atoms with Gasteiger partial charge in [0.2, 0.25) is 11.8 Å². The number of aliphatic carboxylic acids is 1. The number of hydrogen-bond donors (Lipinski definition) is 5. The average Bonchev–Trinajstić information content (AvgIpc) is 2.75. The number of benzene rings is 2. The number of unbranched alkanes of at least 4 members (excludes halogenated alkanes) is 1. The zero-order chi connectivity index (χ0) is 22.6. The first-order valence-corrected chi connectivity index (χ1v) is 10.3. The second-order valence-electron chi connectivity index (χ2n) is 7.40. The molecule has 8 nitrogen and oxygen atoms in total. The minimum Gasteiger partial charge on any atom is -0.481 e. The summed E-state index contributed by atoms with van der Waals surface area (Å²) < 4.78 is 0. The molecular formula is C23H30N4O4. The first-order valence-electron chi connectivity index (χ1n) is 10.3. The summed E-state index contributed by atoms with van der Waals surface area (Å²) in [7, 11) is 0. The lowest BCUT2D eigenvalue weighted by atomic mass is 10.0. The maximum atomic E-state index is 12.9. The summed E-state index contributed by atoms with van der Waals surface area (Å²) in [6, 6.07) is 14.4. The summed E-state index contributed by atoms with van der Waals surface area (Å²) in [6.07, 6.45) is 2.23. The number of nitrogens with one attached hydrogen (secondary N) is 2. The van der Waals surface area contributed by atoms with Crippen LogP contribution in [0.4, 0.5) is 5.69 Å². The number of nitrogens with two attached hydrogens (primary N) is 2. The quantitative estimate of drug-likeness (QED) is 0.324. The van der Waals surface area contributed by atoms with Crippen LogP contribution < -0.4 is 22.1 Å². The lowest BCUT2D eigenvalue weighted by Gasteiger charge is -2.21. The van der Waals surface area contributed by atoms with Gasteiger partial charge in [0.15, 0.2) is 0 Å². The lowest BCUT2D eigenvalue weighted by molar-refractivity contribution is -0.136. The molecule has 0 aromatic heterocycles. The Morgan fingerprint density at radius 2 is 1.58 bits per heavy atom. The summed E-state index contributed by atoms with van der Waals surface area (Å²) in [5.74, 6) is -1.69. The van der Waals surface area contributed by atoms with Gasteiger partial charge in [-0.3, -0.25) is 14.4 Å². The topological polar surface area (TPSA) is 148 Å². The molecule has 166 valence electrons. The van der Waals surface area contributed by atoms with E-state index >= 15 is 0 Å². The molecule has 0 spiro atoms. The van der Waals surface area contributed by atoms with E-state index in [0.29, 0.717) is 30.6 Å². The molecule has 0 saturated carbocycles. The van der Waals surface area contributed by atoms with Crippen LogP contribution in [0, 0.1) is 0 Å². The summed E-state index contributed by atoms with van der Waals surface area (Å²) >= 11 is 0. The second-order valence-corrected chi connectivity index (χ2v) is 7.40. The highest BCUT2D eigenvalue weighted by molar-refractivity contribution is 5.98. The van der Waals surface area contributed by atoms with Gasteiger partial charge in [-0.25, -0.2) is 0 Å². The van der Waals surface area contributed by atoms with E-state index in [0.717, 1.165) is 18.4 Å². The van der Waals surface area contributed by atoms with Gasteiger partial charge in [0.1, 0.15) is 6.04 Å². The fourth-order valence-corrected chi connectivity index (χ4v) is 3.09. The van der Waals surface area contributed by atoms with Crippen molar-refractivity contribution in [2.75, 3.05) is 11.9 Å². The van der Waals surface area contributed by atoms with Crippen molar-refractivity contribution in [3.8, 4) is 0 Å². The molecule has 0 saturated heterocycles. The van der Waals surface area contributed by atoms with E-state index in [4.69, 9.17) is 16.6 Å². The van der Waals surface area contributed by atoms with Crippen molar-refractivity contribution in [2.45, 2.75) is 44.2 Å². The van der Waals surface area contributed by atoms with Crippen LogP contribution in [-0.2, 0) is 27.2 Å². The molecule has 0 fully saturated rings. The van der Waals surface area contributed by atoms with Crippen molar-refractivity contribution >= 4 is 23.5 Å². The summed E-state index contributed by atoms with van der Waals surface area (Å²) in [5.41, 5.74) is 13.5. The van der Waals surface area contributed by atoms with Gasteiger partial charge in [-0.05, 0) is 42.6 Å². The number of rotatable bonds is 12. The van der Waals surface area contributed by atoms with Crippen LogP contribution in [0.3, 0.4) is 0 Å². The zero-order valence-electron chi connectivity index (χ0n) is 17.4. The third-order valence-corrected chi connectivity index (χ3v) is 4.80. The molecule has 0 heterocycles. The van der Waals surface area contributed by atoms with E-state index in [1.54, 1.807) is 24.3 Å². The van der Waals surface area contributed by atoms with Crippen LogP contribution in [-0.4, -0.2) is 41.5 Å². The van der Waals surface area contributed by atoms with Crippen LogP contribution >= 0.6 is 0 Å². The Morgan fingerprint density at radius 1 is 0.903 bits per heavy atom. The zero-order valence-corrected chi connectivity index (χ0v) is 17.4. The van der Waals surface area contributed by atoms with Crippen molar-refractivity contribution in [3.63, 3.8) is 0 Å². The van der Waals surface area contributed by atoms with Gasteiger partial charge in [0.25, 0.3) is 0 Å². The van der Waals surface area contributed by atoms with Crippen molar-refractivity contribution in [3.05, 3.63) is 65.7 Å². The van der Waals surface area contributed by atoms with E-state index in [1.807, 2.05) is 30.3 Å². The Bertz CT molecular complexity index is 856. The van der Waals surface area contributed by atoms with Crippen LogP contribution in [0.25, 0.3) is 0 Å². The largest absolute Gasteiger partial charge is 0.481 e. The van der Waals surface area contributed by atoms with Crippen LogP contribution in [0.15, 0.2) is 54.6 Å². The van der Waals surface area contributed by atoms with Gasteiger partial charge >= 0.3 is 5.97 Å². The third-order valence-electron chi connectivity index (χ3n) is 4.80. The highest BCUT2D eigenvalue weighted by Crippen LogP contribution is 2.12. The Balaban J connectivity index is 2.06. The predicted octanol–water partition coefficient (Wildman–Crippen LogP) is 1.44. The first-order chi connectivity index (χ1) is 14.9. The average molecular weight is 427 g/mol. The maximum absolute atomic E-state index is 12.9. The number of carboxylic acid groups (broad SMARTS) is 1. The van der Waals surface area contributed by atoms with Crippen molar-refractivity contribution in [2.24, 2.45) is 11.5 Å². The number of hydrogen-bond acceptors (Lipinski definition) is 5. The van der Waals surface area contributed by atoms with Gasteiger partial charge in [-0.1, -0.05) is 48.9 Å². The summed E-state index contributed by atoms with van der Waals surface area (Å²) in [5, 5.41) is 14.4. The second kappa shape index (κ2) is 12.5. The molecule has 0 aliphatic rings. The summed E-state index contributed by atoms with van der Waals surface area (Å²) in [6.45, 7) is 0.540. The lowest BCUT2D eigenvalue weighted by Crippen LogP contribution is -2.50. The smallest absolute Gasteiger partial charge is 0.307 e. The van der Waals surface area contributed by atoms with E-state index in [2.05, 4.69) is 10.6 Å². The third kappa shape index (κ3) is 8.57. The Kier molecular flexibility index (Phi) is 9.67. The molecule has 0 bridgehead atoms. The Labute approximate surface area is 182 Å². The molecule has 2 atom stereocenters. The standard InChI is InChI=1S/C23H30N4O4/c24-13-5-4-8-19(25)22(30)27-20(14-16-6-2-1-3-7-16)23(31)26-18-11-9-17(10-12-18)15-21(28)29/h1-3,6-7,9-12,19-20H,4-5,8,13-15,24-25H2,(H,26,31)(H,27,30)(H,28,29)/t19-,20-/m0/s1. The molecule has 0 aliphatic carbocycles. The van der Waals surface area contributed by atoms with Gasteiger partial charge in [-0.2, -0.15) is 0 Å². The fraction of sp³-hybridized carbons (Fsp3) is 0.348. The molecule has 0 unspecified atom stereocenters. The van der Waals surface area contributed by atoms with E-state index in [-0.39, 0.29) is 18.2 Å². The van der Waals surface area contributed by atoms with E-state index in [1.165, 1.54) is 0 Å². The molecule has 8 heteroatoms. The number of carboxylic acids is 1. The van der Waals surface area contributed by atoms with Crippen molar-refractivity contribution < 1.29 is 19.5 Å². The monoisotopic (exact) mass is 426 g/mol. The number of amides is 2. The molecule has 0 radical (unpaired) electrons. The SMILES string of the molecule is NCCCC[C@H](N)C(=O)N[C@@H](Cc1ccccc1)C(=O)Nc1ccc(CC(=O)O)cc1. The first kappa shape index (κ1) is 24.0. The van der Waals surface area contributed by atoms with Gasteiger partial charge in [0, 0.05) is 12.1 Å². The molecule has 31 heavy (non-hydrogen) atoms. The number of carbonyl (C=O) groups is 3.